The second-order valence-electron chi connectivity index (χ2n) is 32.3. The van der Waals surface area contributed by atoms with Crippen LogP contribution in [0.5, 0.6) is 17.2 Å². The number of aryl methyl sites for hydroxylation is 3. The summed E-state index contributed by atoms with van der Waals surface area (Å²) in [7, 11) is 0. The monoisotopic (exact) mass is 1470 g/mol. The first-order valence-corrected chi connectivity index (χ1v) is 37.3. The molecule has 564 valence electrons. The Kier molecular flexibility index (Phi) is 23.6. The number of carboxylic acid groups (broad SMARTS) is 2. The number of aromatic hydroxyl groups is 1. The molecule has 9 aliphatic carbocycles. The number of fused-ring (bicyclic) bond motifs is 15. The van der Waals surface area contributed by atoms with E-state index in [1.54, 1.807) is 12.1 Å². The van der Waals surface area contributed by atoms with Gasteiger partial charge in [0.2, 0.25) is 0 Å². The minimum Gasteiger partial charge on any atom is -0.550 e. The molecule has 14 aliphatic rings. The van der Waals surface area contributed by atoms with Crippen molar-refractivity contribution >= 4 is 53.7 Å². The van der Waals surface area contributed by atoms with Crippen LogP contribution < -0.4 is 44.1 Å². The fourth-order valence-corrected chi connectivity index (χ4v) is 21.3. The molecule has 3 aromatic carbocycles. The van der Waals surface area contributed by atoms with E-state index < -0.39 is 103 Å². The molecule has 0 aromatic heterocycles. The first kappa shape index (κ1) is 78.2. The number of aliphatic hydroxyl groups excluding tert-OH is 3. The van der Waals surface area contributed by atoms with Crippen LogP contribution in [0.25, 0.3) is 0 Å². The Hall–Kier alpha value is -6.39. The van der Waals surface area contributed by atoms with Gasteiger partial charge in [-0.05, 0) is 268 Å². The number of hydrogen-bond acceptors (Lipinski definition) is 24. The predicted octanol–water partition coefficient (Wildman–Crippen LogP) is 5.08. The topological polar surface area (TPSA) is 370 Å². The van der Waals surface area contributed by atoms with Gasteiger partial charge in [-0.2, -0.15) is 0 Å². The first-order valence-electron chi connectivity index (χ1n) is 37.3. The van der Waals surface area contributed by atoms with Crippen molar-refractivity contribution in [1.82, 2.24) is 0 Å². The van der Waals surface area contributed by atoms with Gasteiger partial charge in [-0.25, -0.2) is 14.4 Å². The molecule has 5 N–H and O–H groups in total. The zero-order chi connectivity index (χ0) is 73.7. The van der Waals surface area contributed by atoms with E-state index in [0.717, 1.165) is 121 Å². The third-order valence-corrected chi connectivity index (χ3v) is 26.8. The molecule has 1 spiro atoms. The molecule has 105 heavy (non-hydrogen) atoms. The maximum atomic E-state index is 12.6. The van der Waals surface area contributed by atoms with Crippen LogP contribution in [0.1, 0.15) is 220 Å². The summed E-state index contributed by atoms with van der Waals surface area (Å²) in [4.78, 5) is 104. The first-order chi connectivity index (χ1) is 49.6. The van der Waals surface area contributed by atoms with Gasteiger partial charge in [-0.15, -0.1) is 0 Å². The number of phenols is 1. The molecule has 26 heteroatoms. The quantitative estimate of drug-likeness (QED) is 0.0580. The maximum absolute atomic E-state index is 12.6. The molecule has 25 nitrogen and oxygen atoms in total. The van der Waals surface area contributed by atoms with Crippen LogP contribution in [0.15, 0.2) is 54.6 Å². The van der Waals surface area contributed by atoms with Crippen LogP contribution in [-0.2, 0) is 100 Å². The molecule has 11 fully saturated rings. The van der Waals surface area contributed by atoms with E-state index >= 15 is 0 Å². The number of rotatable bonds is 10. The molecule has 5 heterocycles. The number of esters is 7. The normalized spacial score (nSPS) is 35.7. The second kappa shape index (κ2) is 31.7. The van der Waals surface area contributed by atoms with E-state index in [4.69, 9.17) is 43.0 Å². The van der Waals surface area contributed by atoms with Gasteiger partial charge in [0.15, 0.2) is 37.2 Å². The third kappa shape index (κ3) is 15.7. The van der Waals surface area contributed by atoms with Gasteiger partial charge in [-0.1, -0.05) is 39.0 Å². The summed E-state index contributed by atoms with van der Waals surface area (Å²) in [6.45, 7) is 7.83. The van der Waals surface area contributed by atoms with Gasteiger partial charge in [-0.3, -0.25) is 24.0 Å². The number of benzene rings is 3. The minimum atomic E-state index is -1.90. The molecule has 17 rings (SSSR count). The molecule has 17 atom stereocenters. The number of carbonyl (C=O) groups excluding carboxylic acids is 8. The van der Waals surface area contributed by atoms with Gasteiger partial charge in [0.1, 0.15) is 17.2 Å². The van der Waals surface area contributed by atoms with Crippen LogP contribution in [0.2, 0.25) is 0 Å². The van der Waals surface area contributed by atoms with E-state index in [2.05, 4.69) is 36.3 Å². The molecule has 11 unspecified atom stereocenters. The molecule has 3 aromatic rings. The Morgan fingerprint density at radius 3 is 1.25 bits per heavy atom. The van der Waals surface area contributed by atoms with Crippen molar-refractivity contribution in [2.45, 2.75) is 241 Å². The number of carboxylic acids is 2. The van der Waals surface area contributed by atoms with E-state index in [1.807, 2.05) is 36.4 Å². The molecular weight excluding hydrogens is 1370 g/mol. The average Bonchev–Trinajstić information content (AvgIpc) is 1.70. The maximum Gasteiger partial charge on any atom is 1.00 e. The van der Waals surface area contributed by atoms with Crippen molar-refractivity contribution in [2.75, 3.05) is 33.6 Å². The summed E-state index contributed by atoms with van der Waals surface area (Å²) in [5, 5.41) is 61.3. The van der Waals surface area contributed by atoms with Gasteiger partial charge < -0.3 is 82.8 Å². The summed E-state index contributed by atoms with van der Waals surface area (Å²) in [6.07, 6.45) is 17.9. The number of carbonyl (C=O) groups is 9. The van der Waals surface area contributed by atoms with E-state index in [9.17, 15) is 68.7 Å². The fraction of sp³-hybridized carbons (Fsp3) is 0.658. The van der Waals surface area contributed by atoms with E-state index in [-0.39, 0.29) is 90.5 Å². The molecule has 0 amide bonds. The fourth-order valence-electron chi connectivity index (χ4n) is 21.3. The van der Waals surface area contributed by atoms with Crippen LogP contribution in [-0.4, -0.2) is 148 Å². The summed E-state index contributed by atoms with van der Waals surface area (Å²) < 4.78 is 49.4. The minimum absolute atomic E-state index is 0. The average molecular weight is 1470 g/mol. The Balaban J connectivity index is 0.000000134. The Morgan fingerprint density at radius 2 is 0.886 bits per heavy atom. The molecular formula is C79H97NaO25. The number of cyclic esters (lactones) is 5. The van der Waals surface area contributed by atoms with Gasteiger partial charge >= 0.3 is 77.3 Å². The Bertz CT molecular complexity index is 3630. The third-order valence-electron chi connectivity index (χ3n) is 26.8. The summed E-state index contributed by atoms with van der Waals surface area (Å²) in [5.41, 5.74) is 2.82. The van der Waals surface area contributed by atoms with Crippen molar-refractivity contribution in [2.24, 2.45) is 51.8 Å². The second-order valence-corrected chi connectivity index (χ2v) is 32.3. The predicted molar refractivity (Wildman–Crippen MR) is 360 cm³/mol. The van der Waals surface area contributed by atoms with Crippen molar-refractivity contribution in [3.05, 3.63) is 88.0 Å². The zero-order valence-electron chi connectivity index (χ0n) is 60.4. The van der Waals surface area contributed by atoms with Crippen LogP contribution >= 0.6 is 0 Å². The number of aliphatic hydroxyl groups is 3. The van der Waals surface area contributed by atoms with Crippen molar-refractivity contribution in [3.63, 3.8) is 0 Å². The molecule has 5 saturated heterocycles. The summed E-state index contributed by atoms with van der Waals surface area (Å²) in [5.74, 6) is -1.84. The molecule has 0 radical (unpaired) electrons. The molecule has 5 aliphatic heterocycles. The van der Waals surface area contributed by atoms with Crippen LogP contribution in [0.4, 0.5) is 0 Å². The van der Waals surface area contributed by atoms with Crippen molar-refractivity contribution < 1.29 is 151 Å². The molecule has 6 saturated carbocycles. The Labute approximate surface area is 632 Å². The zero-order valence-corrected chi connectivity index (χ0v) is 62.4. The van der Waals surface area contributed by atoms with Crippen LogP contribution in [0, 0.1) is 51.8 Å². The molecule has 0 bridgehead atoms. The SMILES string of the molecule is C1CCOC1.C[C@]12CCC3c4ccc(O)cc4CCC3C1CC[C@@H]2O.C[C@]12CCC3c4ccc(OC(=O)CC5(CC(=O)O)OCOC5=O)cc4CCC3C1CC[C@@H]2O.C[C@]12CCC3c4ccc(OC(=O)CC5(CC(=O)[O-])OCOC5=O)cc4CCC3C1CC[C@@H]2O.O=C1CC2(CC(=O)O1)OCOC2=O.[Na+]. The van der Waals surface area contributed by atoms with E-state index in [0.29, 0.717) is 64.6 Å². The van der Waals surface area contributed by atoms with Gasteiger partial charge in [0.25, 0.3) is 0 Å². The number of hydrogen-bond donors (Lipinski definition) is 5. The number of phenolic OH excluding ortho intramolecular Hbond substituents is 1. The Morgan fingerprint density at radius 1 is 0.495 bits per heavy atom. The number of aliphatic carboxylic acids is 2. The number of ether oxygens (including phenoxy) is 10. The largest absolute Gasteiger partial charge is 1.00 e. The van der Waals surface area contributed by atoms with E-state index in [1.165, 1.54) is 59.9 Å². The standard InChI is InChI=1S/2C25H30O8.C18H24O2.C7H6O6.C4H8O.Na/c2*1-24-9-8-17-16-5-3-15(10-14(16)2-4-18(17)19(24)6-7-20(24)26)33-22(29)12-25(11-21(27)28)23(30)31-13-32-25;1-18-9-8-14-13-5-3-12(19)10-11(13)2-4-15(14)16(18)6-7-17(18)20;8-4-1-7(2-5(9)13-4)6(10)11-3-12-7;1-2-4-5-3-1;/h2*3,5,10,17-20,26H,2,4,6-9,11-13H2,1H3,(H,27,28);3,5,10,14-17,19-20H,2,4,6-9H2,1H3;1-3H2;1-4H2;/q;;;;;+1/p-1/t2*17?,18?,19?,20-,24-,25?;14?,15?,16?,17-,18-;;;/m000.../s1. The summed E-state index contributed by atoms with van der Waals surface area (Å²) >= 11 is 0. The van der Waals surface area contributed by atoms with Crippen molar-refractivity contribution in [1.29, 1.82) is 0 Å². The smallest absolute Gasteiger partial charge is 0.550 e. The summed E-state index contributed by atoms with van der Waals surface area (Å²) in [6, 6.07) is 17.3. The van der Waals surface area contributed by atoms with Crippen molar-refractivity contribution in [3.8, 4) is 17.2 Å². The van der Waals surface area contributed by atoms with Crippen LogP contribution in [0.3, 0.4) is 0 Å². The van der Waals surface area contributed by atoms with Gasteiger partial charge in [0, 0.05) is 25.6 Å². The van der Waals surface area contributed by atoms with Gasteiger partial charge in [0.05, 0.1) is 50.4 Å².